The van der Waals surface area contributed by atoms with E-state index in [-0.39, 0.29) is 31.5 Å². The number of imidazole rings is 1. The average molecular weight is 576 g/mol. The number of carbonyl (C=O) groups is 3. The fourth-order valence-electron chi connectivity index (χ4n) is 5.31. The second-order valence-corrected chi connectivity index (χ2v) is 11.5. The predicted octanol–water partition coefficient (Wildman–Crippen LogP) is 4.76. The van der Waals surface area contributed by atoms with Crippen molar-refractivity contribution in [1.29, 1.82) is 0 Å². The lowest BCUT2D eigenvalue weighted by atomic mass is 9.97. The molecule has 5 rings (SSSR count). The number of ether oxygens (including phenoxy) is 3. The minimum Gasteiger partial charge on any atom is -0.497 e. The smallest absolute Gasteiger partial charge is 0.410 e. The number of carbonyl (C=O) groups excluding carboxylic acids is 3. The molecule has 222 valence electrons. The first kappa shape index (κ1) is 29.0. The van der Waals surface area contributed by atoms with Crippen molar-refractivity contribution >= 4 is 23.8 Å². The summed E-state index contributed by atoms with van der Waals surface area (Å²) >= 11 is 0. The Morgan fingerprint density at radius 1 is 0.976 bits per heavy atom. The third-order valence-corrected chi connectivity index (χ3v) is 7.50. The summed E-state index contributed by atoms with van der Waals surface area (Å²) in [4.78, 5) is 48.2. The van der Waals surface area contributed by atoms with Gasteiger partial charge in [-0.3, -0.25) is 14.6 Å². The first-order chi connectivity index (χ1) is 20.0. The van der Waals surface area contributed by atoms with E-state index in [1.807, 2.05) is 44.5 Å². The Morgan fingerprint density at radius 2 is 1.76 bits per heavy atom. The lowest BCUT2D eigenvalue weighted by Gasteiger charge is -2.34. The van der Waals surface area contributed by atoms with Crippen molar-refractivity contribution in [3.05, 3.63) is 59.3 Å². The number of amides is 4. The maximum Gasteiger partial charge on any atom is 0.410 e. The van der Waals surface area contributed by atoms with Crippen LogP contribution >= 0.6 is 0 Å². The van der Waals surface area contributed by atoms with Crippen LogP contribution in [-0.2, 0) is 36.1 Å². The van der Waals surface area contributed by atoms with Crippen LogP contribution in [0.2, 0.25) is 0 Å². The first-order valence-corrected chi connectivity index (χ1v) is 13.9. The molecule has 0 unspecified atom stereocenters. The fourth-order valence-corrected chi connectivity index (χ4v) is 5.31. The van der Waals surface area contributed by atoms with Gasteiger partial charge in [0.2, 0.25) is 5.91 Å². The molecular formula is C31H37N5O6. The Labute approximate surface area is 245 Å². The van der Waals surface area contributed by atoms with Crippen LogP contribution in [-0.4, -0.2) is 70.3 Å². The number of fused-ring (bicyclic) bond motifs is 1. The minimum absolute atomic E-state index is 0.0805. The van der Waals surface area contributed by atoms with Crippen LogP contribution < -0.4 is 14.4 Å². The Morgan fingerprint density at radius 3 is 2.48 bits per heavy atom. The average Bonchev–Trinajstić information content (AvgIpc) is 3.34. The van der Waals surface area contributed by atoms with Gasteiger partial charge in [0.1, 0.15) is 28.7 Å². The quantitative estimate of drug-likeness (QED) is 0.417. The zero-order valence-corrected chi connectivity index (χ0v) is 25.0. The van der Waals surface area contributed by atoms with Crippen LogP contribution in [0.25, 0.3) is 11.4 Å². The molecule has 3 aromatic rings. The summed E-state index contributed by atoms with van der Waals surface area (Å²) in [7, 11) is 4.97. The van der Waals surface area contributed by atoms with Crippen molar-refractivity contribution in [1.82, 2.24) is 19.4 Å². The Hall–Kier alpha value is -4.54. The van der Waals surface area contributed by atoms with Crippen LogP contribution in [0.4, 0.5) is 15.4 Å². The molecule has 2 aliphatic rings. The van der Waals surface area contributed by atoms with E-state index < -0.39 is 11.6 Å². The summed E-state index contributed by atoms with van der Waals surface area (Å²) in [5, 5.41) is 0. The van der Waals surface area contributed by atoms with E-state index in [2.05, 4.69) is 11.1 Å². The van der Waals surface area contributed by atoms with Gasteiger partial charge in [-0.15, -0.1) is 0 Å². The molecule has 0 aliphatic carbocycles. The molecule has 0 atom stereocenters. The first-order valence-electron chi connectivity index (χ1n) is 13.9. The zero-order chi connectivity index (χ0) is 30.2. The third kappa shape index (κ3) is 5.77. The molecule has 2 aromatic carbocycles. The van der Waals surface area contributed by atoms with Gasteiger partial charge in [-0.2, -0.15) is 0 Å². The van der Waals surface area contributed by atoms with E-state index in [1.165, 1.54) is 4.90 Å². The second-order valence-electron chi connectivity index (χ2n) is 11.5. The molecule has 0 spiro atoms. The molecular weight excluding hydrogens is 538 g/mol. The van der Waals surface area contributed by atoms with Crippen molar-refractivity contribution in [2.24, 2.45) is 7.05 Å². The van der Waals surface area contributed by atoms with Crippen LogP contribution in [0.1, 0.15) is 43.9 Å². The Kier molecular flexibility index (Phi) is 7.85. The topological polar surface area (TPSA) is 106 Å². The molecule has 2 aliphatic heterocycles. The van der Waals surface area contributed by atoms with Crippen LogP contribution in [0.3, 0.4) is 0 Å². The van der Waals surface area contributed by atoms with Gasteiger partial charge in [0.05, 0.1) is 27.0 Å². The van der Waals surface area contributed by atoms with E-state index in [4.69, 9.17) is 14.2 Å². The van der Waals surface area contributed by atoms with Crippen molar-refractivity contribution in [2.45, 2.75) is 52.3 Å². The number of hydrogen-bond acceptors (Lipinski definition) is 7. The highest BCUT2D eigenvalue weighted by atomic mass is 16.6. The molecule has 0 N–H and O–H groups in total. The SMILES string of the molecule is COc1ccc(CN2C(=O)CCN(c3cnc(-c4ccc5c(c4)CCN(C(=O)OC(C)(C)C)C5)n3C)C2=O)c(OC)c1. The van der Waals surface area contributed by atoms with Gasteiger partial charge in [0.25, 0.3) is 0 Å². The third-order valence-electron chi connectivity index (χ3n) is 7.50. The normalized spacial score (nSPS) is 15.5. The van der Waals surface area contributed by atoms with E-state index in [0.717, 1.165) is 16.7 Å². The summed E-state index contributed by atoms with van der Waals surface area (Å²) in [6, 6.07) is 11.0. The summed E-state index contributed by atoms with van der Waals surface area (Å²) in [5.41, 5.74) is 3.29. The molecule has 1 fully saturated rings. The molecule has 11 nitrogen and oxygen atoms in total. The Bertz CT molecular complexity index is 1520. The van der Waals surface area contributed by atoms with Crippen molar-refractivity contribution in [2.75, 3.05) is 32.2 Å². The number of hydrogen-bond donors (Lipinski definition) is 0. The van der Waals surface area contributed by atoms with E-state index in [9.17, 15) is 14.4 Å². The summed E-state index contributed by atoms with van der Waals surface area (Å²) in [6.07, 6.45) is 2.25. The lowest BCUT2D eigenvalue weighted by molar-refractivity contribution is -0.129. The van der Waals surface area contributed by atoms with Gasteiger partial charge in [-0.05, 0) is 56.5 Å². The van der Waals surface area contributed by atoms with E-state index >= 15 is 0 Å². The van der Waals surface area contributed by atoms with Crippen LogP contribution in [0.15, 0.2) is 42.6 Å². The van der Waals surface area contributed by atoms with E-state index in [0.29, 0.717) is 48.2 Å². The molecule has 0 saturated carbocycles. The standard InChI is InChI=1S/C31H37N5O6/c1-31(2,3)42-30(39)34-13-11-20-15-21(7-8-22(20)18-34)28-32-17-26(33(28)4)35-14-12-27(37)36(29(35)38)19-23-9-10-24(40-5)16-25(23)41-6/h7-10,15-17H,11-14,18-19H2,1-6H3. The van der Waals surface area contributed by atoms with Crippen molar-refractivity contribution < 1.29 is 28.6 Å². The number of nitrogens with zero attached hydrogens (tertiary/aromatic N) is 5. The zero-order valence-electron chi connectivity index (χ0n) is 25.0. The molecule has 0 radical (unpaired) electrons. The van der Waals surface area contributed by atoms with Gasteiger partial charge < -0.3 is 23.7 Å². The minimum atomic E-state index is -0.542. The van der Waals surface area contributed by atoms with Crippen LogP contribution in [0.5, 0.6) is 11.5 Å². The van der Waals surface area contributed by atoms with Crippen molar-refractivity contribution in [3.63, 3.8) is 0 Å². The van der Waals surface area contributed by atoms with Gasteiger partial charge in [-0.25, -0.2) is 14.6 Å². The number of methoxy groups -OCH3 is 2. The molecule has 1 saturated heterocycles. The number of imide groups is 1. The van der Waals surface area contributed by atoms with Gasteiger partial charge in [0, 0.05) is 50.3 Å². The van der Waals surface area contributed by atoms with E-state index in [1.54, 1.807) is 48.4 Å². The second kappa shape index (κ2) is 11.4. The molecule has 11 heteroatoms. The number of benzene rings is 2. The highest BCUT2D eigenvalue weighted by Gasteiger charge is 2.35. The predicted molar refractivity (Wildman–Crippen MR) is 156 cm³/mol. The highest BCUT2D eigenvalue weighted by molar-refractivity contribution is 6.05. The van der Waals surface area contributed by atoms with Gasteiger partial charge in [0.15, 0.2) is 0 Å². The van der Waals surface area contributed by atoms with Crippen LogP contribution in [0, 0.1) is 0 Å². The maximum absolute atomic E-state index is 13.6. The number of anilines is 1. The van der Waals surface area contributed by atoms with Gasteiger partial charge in [-0.1, -0.05) is 12.1 Å². The molecule has 0 bridgehead atoms. The number of aromatic nitrogens is 2. The fraction of sp³-hybridized carbons (Fsp3) is 0.419. The molecule has 1 aromatic heterocycles. The largest absolute Gasteiger partial charge is 0.497 e. The van der Waals surface area contributed by atoms with Crippen molar-refractivity contribution in [3.8, 4) is 22.9 Å². The highest BCUT2D eigenvalue weighted by Crippen LogP contribution is 2.31. The molecule has 42 heavy (non-hydrogen) atoms. The maximum atomic E-state index is 13.6. The lowest BCUT2D eigenvalue weighted by Crippen LogP contribution is -2.52. The summed E-state index contributed by atoms with van der Waals surface area (Å²) in [6.45, 7) is 6.99. The summed E-state index contributed by atoms with van der Waals surface area (Å²) in [5.74, 6) is 2.22. The molecule has 3 heterocycles. The summed E-state index contributed by atoms with van der Waals surface area (Å²) < 4.78 is 18.2. The molecule has 4 amide bonds. The number of urea groups is 1. The van der Waals surface area contributed by atoms with Gasteiger partial charge >= 0.3 is 12.1 Å². The monoisotopic (exact) mass is 575 g/mol. The number of rotatable bonds is 6. The Balaban J connectivity index is 1.34.